The molecule has 1 atom stereocenters. The summed E-state index contributed by atoms with van der Waals surface area (Å²) in [5.41, 5.74) is 1.45. The van der Waals surface area contributed by atoms with Gasteiger partial charge in [-0.1, -0.05) is 53.0 Å². The molecule has 0 unspecified atom stereocenters. The fourth-order valence-corrected chi connectivity index (χ4v) is 1.95. The number of hydrogen-bond acceptors (Lipinski definition) is 1. The lowest BCUT2D eigenvalue weighted by Gasteiger charge is -2.12. The van der Waals surface area contributed by atoms with Crippen LogP contribution < -0.4 is 0 Å². The highest BCUT2D eigenvalue weighted by molar-refractivity contribution is 6.42. The summed E-state index contributed by atoms with van der Waals surface area (Å²) in [6, 6.07) is 12.1. The summed E-state index contributed by atoms with van der Waals surface area (Å²) < 4.78 is 0. The number of aliphatic hydroxyl groups excluding tert-OH is 1. The summed E-state index contributed by atoms with van der Waals surface area (Å²) in [6.45, 7) is 0. The monoisotopic (exact) mass is 286 g/mol. The van der Waals surface area contributed by atoms with Crippen molar-refractivity contribution in [2.45, 2.75) is 6.10 Å². The van der Waals surface area contributed by atoms with Crippen LogP contribution in [0.25, 0.3) is 0 Å². The molecule has 0 aliphatic carbocycles. The van der Waals surface area contributed by atoms with E-state index in [1.54, 1.807) is 42.5 Å². The Hall–Kier alpha value is -0.730. The van der Waals surface area contributed by atoms with Crippen molar-refractivity contribution in [1.29, 1.82) is 0 Å². The summed E-state index contributed by atoms with van der Waals surface area (Å²) in [6.07, 6.45) is -0.734. The largest absolute Gasteiger partial charge is 0.384 e. The van der Waals surface area contributed by atoms with E-state index in [9.17, 15) is 5.11 Å². The van der Waals surface area contributed by atoms with E-state index in [0.29, 0.717) is 20.6 Å². The molecule has 4 heteroatoms. The molecule has 0 saturated carbocycles. The Morgan fingerprint density at radius 3 is 1.94 bits per heavy atom. The van der Waals surface area contributed by atoms with Gasteiger partial charge in [0.2, 0.25) is 0 Å². The second kappa shape index (κ2) is 5.28. The lowest BCUT2D eigenvalue weighted by Crippen LogP contribution is -1.99. The predicted molar refractivity (Wildman–Crippen MR) is 72.0 cm³/mol. The number of halogens is 3. The van der Waals surface area contributed by atoms with Crippen molar-refractivity contribution in [3.8, 4) is 0 Å². The molecule has 0 radical (unpaired) electrons. The van der Waals surface area contributed by atoms with Crippen LogP contribution in [0.5, 0.6) is 0 Å². The molecule has 17 heavy (non-hydrogen) atoms. The van der Waals surface area contributed by atoms with E-state index in [1.165, 1.54) is 0 Å². The Balaban J connectivity index is 2.33. The maximum atomic E-state index is 10.2. The normalized spacial score (nSPS) is 12.5. The first kappa shape index (κ1) is 12.7. The van der Waals surface area contributed by atoms with E-state index in [1.807, 2.05) is 0 Å². The molecule has 1 nitrogen and oxygen atoms in total. The van der Waals surface area contributed by atoms with Crippen molar-refractivity contribution in [3.05, 3.63) is 68.7 Å². The zero-order valence-corrected chi connectivity index (χ0v) is 11.0. The van der Waals surface area contributed by atoms with Gasteiger partial charge in [0.1, 0.15) is 6.10 Å². The molecular weight excluding hydrogens is 279 g/mol. The van der Waals surface area contributed by atoms with Gasteiger partial charge in [-0.05, 0) is 35.4 Å². The van der Waals surface area contributed by atoms with Crippen LogP contribution in [0.2, 0.25) is 15.1 Å². The highest BCUT2D eigenvalue weighted by atomic mass is 35.5. The average molecular weight is 288 g/mol. The molecule has 0 aliphatic rings. The zero-order chi connectivity index (χ0) is 12.4. The van der Waals surface area contributed by atoms with Crippen LogP contribution in [0.4, 0.5) is 0 Å². The number of benzene rings is 2. The van der Waals surface area contributed by atoms with Crippen molar-refractivity contribution in [1.82, 2.24) is 0 Å². The van der Waals surface area contributed by atoms with Gasteiger partial charge < -0.3 is 5.11 Å². The van der Waals surface area contributed by atoms with E-state index in [2.05, 4.69) is 0 Å². The van der Waals surface area contributed by atoms with Gasteiger partial charge in [-0.2, -0.15) is 0 Å². The van der Waals surface area contributed by atoms with Crippen molar-refractivity contribution >= 4 is 34.8 Å². The minimum absolute atomic E-state index is 0.428. The Kier molecular flexibility index (Phi) is 3.95. The van der Waals surface area contributed by atoms with Crippen LogP contribution >= 0.6 is 34.8 Å². The van der Waals surface area contributed by atoms with Crippen molar-refractivity contribution in [2.24, 2.45) is 0 Å². The minimum atomic E-state index is -0.734. The molecule has 0 aliphatic heterocycles. The van der Waals surface area contributed by atoms with Gasteiger partial charge in [-0.25, -0.2) is 0 Å². The van der Waals surface area contributed by atoms with Crippen LogP contribution in [-0.2, 0) is 0 Å². The third-order valence-electron chi connectivity index (χ3n) is 2.45. The van der Waals surface area contributed by atoms with Gasteiger partial charge >= 0.3 is 0 Å². The Bertz CT molecular complexity index is 523. The molecule has 0 fully saturated rings. The smallest absolute Gasteiger partial charge is 0.104 e. The summed E-state index contributed by atoms with van der Waals surface area (Å²) in [5.74, 6) is 0. The van der Waals surface area contributed by atoms with E-state index >= 15 is 0 Å². The topological polar surface area (TPSA) is 20.2 Å². The minimum Gasteiger partial charge on any atom is -0.384 e. The third-order valence-corrected chi connectivity index (χ3v) is 3.44. The molecule has 0 aromatic heterocycles. The highest BCUT2D eigenvalue weighted by Gasteiger charge is 2.11. The van der Waals surface area contributed by atoms with Crippen LogP contribution in [0, 0.1) is 0 Å². The Morgan fingerprint density at radius 2 is 1.35 bits per heavy atom. The number of hydrogen-bond donors (Lipinski definition) is 1. The van der Waals surface area contributed by atoms with Crippen molar-refractivity contribution < 1.29 is 5.11 Å². The van der Waals surface area contributed by atoms with Crippen LogP contribution in [0.3, 0.4) is 0 Å². The third kappa shape index (κ3) is 2.93. The van der Waals surface area contributed by atoms with Crippen LogP contribution in [-0.4, -0.2) is 5.11 Å². The van der Waals surface area contributed by atoms with E-state index in [-0.39, 0.29) is 0 Å². The van der Waals surface area contributed by atoms with Gasteiger partial charge in [0, 0.05) is 5.02 Å². The lowest BCUT2D eigenvalue weighted by molar-refractivity contribution is 0.220. The second-order valence-electron chi connectivity index (χ2n) is 3.63. The molecule has 2 aromatic rings. The van der Waals surface area contributed by atoms with Crippen LogP contribution in [0.1, 0.15) is 17.2 Å². The number of rotatable bonds is 2. The Morgan fingerprint density at radius 1 is 0.765 bits per heavy atom. The van der Waals surface area contributed by atoms with Gasteiger partial charge in [0.25, 0.3) is 0 Å². The molecule has 0 heterocycles. The fourth-order valence-electron chi connectivity index (χ4n) is 1.52. The molecule has 2 aromatic carbocycles. The Labute approximate surface area is 115 Å². The molecule has 1 N–H and O–H groups in total. The molecule has 2 rings (SSSR count). The lowest BCUT2D eigenvalue weighted by atomic mass is 10.0. The fraction of sp³-hybridized carbons (Fsp3) is 0.0769. The predicted octanol–water partition coefficient (Wildman–Crippen LogP) is 4.73. The standard InChI is InChI=1S/C13H9Cl3O/c14-10-4-1-8(2-5-10)13(17)9-3-6-11(15)12(16)7-9/h1-7,13,17H/t13-/m0/s1. The van der Waals surface area contributed by atoms with E-state index in [4.69, 9.17) is 34.8 Å². The first-order chi connectivity index (χ1) is 8.08. The zero-order valence-electron chi connectivity index (χ0n) is 8.70. The van der Waals surface area contributed by atoms with Crippen LogP contribution in [0.15, 0.2) is 42.5 Å². The molecule has 0 bridgehead atoms. The van der Waals surface area contributed by atoms with Crippen molar-refractivity contribution in [2.75, 3.05) is 0 Å². The molecule has 0 amide bonds. The number of aliphatic hydroxyl groups is 1. The summed E-state index contributed by atoms with van der Waals surface area (Å²) >= 11 is 17.5. The van der Waals surface area contributed by atoms with Gasteiger partial charge in [0.15, 0.2) is 0 Å². The summed E-state index contributed by atoms with van der Waals surface area (Å²) in [5, 5.41) is 11.7. The second-order valence-corrected chi connectivity index (χ2v) is 4.88. The van der Waals surface area contributed by atoms with Gasteiger partial charge in [0.05, 0.1) is 10.0 Å². The SMILES string of the molecule is O[C@@H](c1ccc(Cl)cc1)c1ccc(Cl)c(Cl)c1. The van der Waals surface area contributed by atoms with Gasteiger partial charge in [-0.3, -0.25) is 0 Å². The molecule has 0 saturated heterocycles. The summed E-state index contributed by atoms with van der Waals surface area (Å²) in [7, 11) is 0. The first-order valence-electron chi connectivity index (χ1n) is 4.96. The van der Waals surface area contributed by atoms with Gasteiger partial charge in [-0.15, -0.1) is 0 Å². The highest BCUT2D eigenvalue weighted by Crippen LogP contribution is 2.29. The average Bonchev–Trinajstić information content (AvgIpc) is 2.33. The maximum absolute atomic E-state index is 10.2. The summed E-state index contributed by atoms with van der Waals surface area (Å²) in [4.78, 5) is 0. The quantitative estimate of drug-likeness (QED) is 0.846. The van der Waals surface area contributed by atoms with E-state index < -0.39 is 6.10 Å². The molecular formula is C13H9Cl3O. The van der Waals surface area contributed by atoms with E-state index in [0.717, 1.165) is 5.56 Å². The maximum Gasteiger partial charge on any atom is 0.104 e. The van der Waals surface area contributed by atoms with Crippen molar-refractivity contribution in [3.63, 3.8) is 0 Å². The molecule has 0 spiro atoms. The first-order valence-corrected chi connectivity index (χ1v) is 6.10. The molecule has 88 valence electrons.